The van der Waals surface area contributed by atoms with Crippen molar-refractivity contribution in [2.75, 3.05) is 17.7 Å². The largest absolute Gasteiger partial charge is 0.468 e. The second-order valence-electron chi connectivity index (χ2n) is 7.32. The molecule has 1 aliphatic heterocycles. The number of carbonyl (C=O) groups excluding carboxylic acids is 2. The molecule has 2 aromatic carbocycles. The van der Waals surface area contributed by atoms with Crippen LogP contribution in [-0.2, 0) is 14.3 Å². The fraction of sp³-hybridized carbons (Fsp3) is 0.273. The van der Waals surface area contributed by atoms with Gasteiger partial charge in [-0.05, 0) is 36.6 Å². The van der Waals surface area contributed by atoms with Crippen molar-refractivity contribution in [3.8, 4) is 0 Å². The van der Waals surface area contributed by atoms with Crippen molar-refractivity contribution in [1.29, 1.82) is 0 Å². The lowest BCUT2D eigenvalue weighted by Crippen LogP contribution is -2.39. The number of hydrogen-bond donors (Lipinski definition) is 2. The zero-order valence-corrected chi connectivity index (χ0v) is 16.7. The molecular formula is C22H20ClFN2O3. The van der Waals surface area contributed by atoms with Crippen LogP contribution >= 0.6 is 11.6 Å². The maximum atomic E-state index is 14.9. The summed E-state index contributed by atoms with van der Waals surface area (Å²) in [5.74, 6) is -2.71. The predicted octanol–water partition coefficient (Wildman–Crippen LogP) is 4.71. The Labute approximate surface area is 172 Å². The van der Waals surface area contributed by atoms with E-state index in [1.165, 1.54) is 19.2 Å². The normalized spacial score (nSPS) is 23.3. The Morgan fingerprint density at radius 2 is 1.90 bits per heavy atom. The van der Waals surface area contributed by atoms with E-state index in [1.54, 1.807) is 6.07 Å². The number of esters is 1. The first-order valence-electron chi connectivity index (χ1n) is 9.34. The minimum atomic E-state index is -0.948. The van der Waals surface area contributed by atoms with Crippen LogP contribution in [0.25, 0.3) is 0 Å². The summed E-state index contributed by atoms with van der Waals surface area (Å²) in [5, 5.41) is 6.78. The highest BCUT2D eigenvalue weighted by atomic mass is 35.5. The van der Waals surface area contributed by atoms with E-state index in [4.69, 9.17) is 16.3 Å². The van der Waals surface area contributed by atoms with Gasteiger partial charge >= 0.3 is 5.97 Å². The van der Waals surface area contributed by atoms with Crippen molar-refractivity contribution in [2.24, 2.45) is 11.8 Å². The molecule has 1 heterocycles. The second kappa shape index (κ2) is 7.52. The SMILES string of the molecule is COC(=O)[C@@H]1C(=O)C2=C(C[C@H]1C)Nc1ccccc1N[C@H]2c1c(F)cccc1Cl. The lowest BCUT2D eigenvalue weighted by molar-refractivity contribution is -0.151. The van der Waals surface area contributed by atoms with Gasteiger partial charge < -0.3 is 15.4 Å². The van der Waals surface area contributed by atoms with E-state index in [1.807, 2.05) is 31.2 Å². The average molecular weight is 415 g/mol. The first kappa shape index (κ1) is 19.5. The summed E-state index contributed by atoms with van der Waals surface area (Å²) >= 11 is 6.35. The number of rotatable bonds is 2. The van der Waals surface area contributed by atoms with Crippen molar-refractivity contribution in [2.45, 2.75) is 19.4 Å². The molecule has 29 heavy (non-hydrogen) atoms. The smallest absolute Gasteiger partial charge is 0.316 e. The summed E-state index contributed by atoms with van der Waals surface area (Å²) in [6.45, 7) is 1.83. The average Bonchev–Trinajstić information content (AvgIpc) is 2.84. The van der Waals surface area contributed by atoms with Gasteiger partial charge in [-0.15, -0.1) is 0 Å². The molecule has 5 nitrogen and oxygen atoms in total. The Morgan fingerprint density at radius 1 is 1.17 bits per heavy atom. The lowest BCUT2D eigenvalue weighted by Gasteiger charge is -2.32. The third kappa shape index (κ3) is 3.27. The molecule has 0 spiro atoms. The summed E-state index contributed by atoms with van der Waals surface area (Å²) in [6, 6.07) is 11.0. The molecule has 3 atom stereocenters. The maximum absolute atomic E-state index is 14.9. The van der Waals surface area contributed by atoms with Crippen LogP contribution in [0, 0.1) is 17.7 Å². The quantitative estimate of drug-likeness (QED) is 0.550. The zero-order valence-electron chi connectivity index (χ0n) is 16.0. The number of ether oxygens (including phenoxy) is 1. The minimum absolute atomic E-state index is 0.173. The number of methoxy groups -OCH3 is 1. The highest BCUT2D eigenvalue weighted by Gasteiger charge is 2.45. The third-order valence-corrected chi connectivity index (χ3v) is 5.84. The van der Waals surface area contributed by atoms with Gasteiger partial charge in [0.1, 0.15) is 11.7 Å². The molecule has 0 bridgehead atoms. The first-order valence-corrected chi connectivity index (χ1v) is 9.71. The van der Waals surface area contributed by atoms with Crippen LogP contribution in [0.2, 0.25) is 5.02 Å². The highest BCUT2D eigenvalue weighted by molar-refractivity contribution is 6.31. The number of benzene rings is 2. The maximum Gasteiger partial charge on any atom is 0.316 e. The lowest BCUT2D eigenvalue weighted by atomic mass is 9.74. The molecule has 0 saturated carbocycles. The first-order chi connectivity index (χ1) is 13.9. The van der Waals surface area contributed by atoms with Gasteiger partial charge in [0.2, 0.25) is 0 Å². The van der Waals surface area contributed by atoms with Crippen LogP contribution in [0.1, 0.15) is 24.9 Å². The number of allylic oxidation sites excluding steroid dienone is 1. The Hall–Kier alpha value is -2.86. The molecule has 0 radical (unpaired) electrons. The molecule has 0 saturated heterocycles. The standard InChI is InChI=1S/C22H20ClFN2O3/c1-11-10-16-19(21(27)17(11)22(28)29-2)20(18-12(23)6-5-7-13(18)24)26-15-9-4-3-8-14(15)25-16/h3-9,11,17,20,25-26H,10H2,1-2H3/t11-,17+,20+/m1/s1. The Kier molecular flexibility index (Phi) is 5.04. The van der Waals surface area contributed by atoms with Crippen molar-refractivity contribution in [1.82, 2.24) is 0 Å². The van der Waals surface area contributed by atoms with Crippen molar-refractivity contribution in [3.05, 3.63) is 70.1 Å². The Morgan fingerprint density at radius 3 is 2.59 bits per heavy atom. The molecule has 4 rings (SSSR count). The molecule has 2 aliphatic rings. The molecule has 7 heteroatoms. The number of para-hydroxylation sites is 2. The number of nitrogens with one attached hydrogen (secondary N) is 2. The fourth-order valence-corrected chi connectivity index (χ4v) is 4.41. The van der Waals surface area contributed by atoms with E-state index in [0.29, 0.717) is 23.4 Å². The number of hydrogen-bond acceptors (Lipinski definition) is 5. The predicted molar refractivity (Wildman–Crippen MR) is 109 cm³/mol. The number of fused-ring (bicyclic) bond motifs is 1. The highest BCUT2D eigenvalue weighted by Crippen LogP contribution is 2.45. The van der Waals surface area contributed by atoms with Gasteiger partial charge in [-0.25, -0.2) is 4.39 Å². The summed E-state index contributed by atoms with van der Waals surface area (Å²) in [4.78, 5) is 25.8. The zero-order chi connectivity index (χ0) is 20.7. The summed E-state index contributed by atoms with van der Waals surface area (Å²) in [5.41, 5.74) is 2.62. The Balaban J connectivity index is 1.93. The van der Waals surface area contributed by atoms with Gasteiger partial charge in [0.25, 0.3) is 0 Å². The van der Waals surface area contributed by atoms with E-state index >= 15 is 0 Å². The van der Waals surface area contributed by atoms with Crippen LogP contribution in [0.4, 0.5) is 15.8 Å². The fourth-order valence-electron chi connectivity index (χ4n) is 4.14. The van der Waals surface area contributed by atoms with Gasteiger partial charge in [-0.1, -0.05) is 36.7 Å². The third-order valence-electron chi connectivity index (χ3n) is 5.51. The minimum Gasteiger partial charge on any atom is -0.468 e. The van der Waals surface area contributed by atoms with Gasteiger partial charge in [0, 0.05) is 21.9 Å². The molecule has 1 aliphatic carbocycles. The summed E-state index contributed by atoms with van der Waals surface area (Å²) < 4.78 is 19.7. The monoisotopic (exact) mass is 414 g/mol. The van der Waals surface area contributed by atoms with Gasteiger partial charge in [0.15, 0.2) is 5.78 Å². The number of carbonyl (C=O) groups is 2. The van der Waals surface area contributed by atoms with Crippen LogP contribution in [0.5, 0.6) is 0 Å². The van der Waals surface area contributed by atoms with Crippen LogP contribution in [0.15, 0.2) is 53.7 Å². The molecular weight excluding hydrogens is 395 g/mol. The topological polar surface area (TPSA) is 67.4 Å². The summed E-state index contributed by atoms with van der Waals surface area (Å²) in [7, 11) is 1.26. The molecule has 2 N–H and O–H groups in total. The van der Waals surface area contributed by atoms with Crippen molar-refractivity contribution < 1.29 is 18.7 Å². The van der Waals surface area contributed by atoms with Crippen molar-refractivity contribution in [3.63, 3.8) is 0 Å². The van der Waals surface area contributed by atoms with E-state index in [9.17, 15) is 14.0 Å². The van der Waals surface area contributed by atoms with Crippen LogP contribution in [0.3, 0.4) is 0 Å². The molecule has 150 valence electrons. The number of ketones is 1. The van der Waals surface area contributed by atoms with Crippen LogP contribution in [-0.4, -0.2) is 18.9 Å². The molecule has 0 aromatic heterocycles. The van der Waals surface area contributed by atoms with E-state index in [-0.39, 0.29) is 22.3 Å². The Bertz CT molecular complexity index is 1020. The molecule has 2 aromatic rings. The van der Waals surface area contributed by atoms with E-state index < -0.39 is 23.7 Å². The van der Waals surface area contributed by atoms with Gasteiger partial charge in [-0.2, -0.15) is 0 Å². The molecule has 0 amide bonds. The van der Waals surface area contributed by atoms with Crippen LogP contribution < -0.4 is 10.6 Å². The number of Topliss-reactive ketones (excluding diaryl/α,β-unsaturated/α-hetero) is 1. The number of anilines is 2. The number of halogens is 2. The molecule has 0 unspecified atom stereocenters. The van der Waals surface area contributed by atoms with Gasteiger partial charge in [0.05, 0.1) is 24.5 Å². The van der Waals surface area contributed by atoms with Gasteiger partial charge in [-0.3, -0.25) is 9.59 Å². The second-order valence-corrected chi connectivity index (χ2v) is 7.73. The van der Waals surface area contributed by atoms with Crippen molar-refractivity contribution >= 4 is 34.7 Å². The van der Waals surface area contributed by atoms with E-state index in [2.05, 4.69) is 10.6 Å². The molecule has 0 fully saturated rings. The van der Waals surface area contributed by atoms with E-state index in [0.717, 1.165) is 5.69 Å². The summed E-state index contributed by atoms with van der Waals surface area (Å²) in [6.07, 6.45) is 0.444.